The highest BCUT2D eigenvalue weighted by molar-refractivity contribution is 7.80. The maximum atomic E-state index is 13.4. The normalized spacial score (nSPS) is 21.3. The minimum atomic E-state index is -2.58. The summed E-state index contributed by atoms with van der Waals surface area (Å²) in [5.74, 6) is -2.53. The first-order chi connectivity index (χ1) is 14.5. The van der Waals surface area contributed by atoms with Gasteiger partial charge < -0.3 is 19.9 Å². The van der Waals surface area contributed by atoms with E-state index in [9.17, 15) is 27.9 Å². The first kappa shape index (κ1) is 22.4. The number of anilines is 1. The van der Waals surface area contributed by atoms with Crippen LogP contribution in [0.1, 0.15) is 36.2 Å². The lowest BCUT2D eigenvalue weighted by Crippen LogP contribution is -2.52. The molecule has 10 nitrogen and oxygen atoms in total. The third kappa shape index (κ3) is 4.14. The number of allylic oxidation sites excluding steroid dienone is 1. The molecule has 0 fully saturated rings. The number of carbonyl (C=O) groups excluding carboxylic acids is 4. The lowest BCUT2D eigenvalue weighted by molar-refractivity contribution is -0.132. The van der Waals surface area contributed by atoms with Crippen LogP contribution in [0.25, 0.3) is 0 Å². The van der Waals surface area contributed by atoms with Gasteiger partial charge in [0.25, 0.3) is 5.91 Å². The number of carbonyl (C=O) groups is 4. The summed E-state index contributed by atoms with van der Waals surface area (Å²) < 4.78 is 27.9. The smallest absolute Gasteiger partial charge is 0.308 e. The molecule has 164 valence electrons. The van der Waals surface area contributed by atoms with E-state index in [0.29, 0.717) is 11.1 Å². The number of rotatable bonds is 4. The second-order valence-corrected chi connectivity index (χ2v) is 8.22. The van der Waals surface area contributed by atoms with Gasteiger partial charge in [-0.2, -0.15) is 0 Å². The molecule has 3 N–H and O–H groups in total. The third-order valence-electron chi connectivity index (χ3n) is 4.98. The molecule has 2 heterocycles. The maximum Gasteiger partial charge on any atom is 0.308 e. The molecular weight excluding hydrogens is 426 g/mol. The van der Waals surface area contributed by atoms with Gasteiger partial charge in [-0.1, -0.05) is 12.1 Å². The van der Waals surface area contributed by atoms with Crippen LogP contribution >= 0.6 is 0 Å². The van der Waals surface area contributed by atoms with Gasteiger partial charge in [0.1, 0.15) is 5.69 Å². The molecule has 0 saturated carbocycles. The molecule has 3 amide bonds. The zero-order valence-electron chi connectivity index (χ0n) is 17.0. The second kappa shape index (κ2) is 8.44. The van der Waals surface area contributed by atoms with E-state index in [1.807, 2.05) is 0 Å². The molecular formula is C20H21N3O7S. The molecule has 0 saturated heterocycles. The molecule has 11 heteroatoms. The summed E-state index contributed by atoms with van der Waals surface area (Å²) in [6.07, 6.45) is 4.09. The van der Waals surface area contributed by atoms with Crippen LogP contribution in [-0.4, -0.2) is 48.8 Å². The number of benzene rings is 1. The molecule has 0 spiro atoms. The summed E-state index contributed by atoms with van der Waals surface area (Å²) in [6, 6.07) is 2.14. The Morgan fingerprint density at radius 3 is 2.52 bits per heavy atom. The number of primary amides is 1. The van der Waals surface area contributed by atoms with Crippen LogP contribution in [0.2, 0.25) is 0 Å². The van der Waals surface area contributed by atoms with E-state index in [2.05, 4.69) is 0 Å². The lowest BCUT2D eigenvalue weighted by atomic mass is 10.1. The Labute approximate surface area is 180 Å². The van der Waals surface area contributed by atoms with Gasteiger partial charge >= 0.3 is 5.97 Å². The van der Waals surface area contributed by atoms with Crippen molar-refractivity contribution in [3.63, 3.8) is 0 Å². The highest BCUT2D eigenvalue weighted by Crippen LogP contribution is 2.44. The van der Waals surface area contributed by atoms with E-state index in [4.69, 9.17) is 10.5 Å². The van der Waals surface area contributed by atoms with Crippen LogP contribution in [0.5, 0.6) is 5.75 Å². The summed E-state index contributed by atoms with van der Waals surface area (Å²) in [7, 11) is 0. The Hall–Kier alpha value is -3.31. The van der Waals surface area contributed by atoms with Gasteiger partial charge in [0.2, 0.25) is 11.8 Å². The Bertz CT molecular complexity index is 1080. The Kier molecular flexibility index (Phi) is 6.09. The van der Waals surface area contributed by atoms with E-state index in [1.165, 1.54) is 37.1 Å². The zero-order valence-corrected chi connectivity index (χ0v) is 17.8. The molecule has 2 aliphatic heterocycles. The van der Waals surface area contributed by atoms with E-state index >= 15 is 0 Å². The fourth-order valence-corrected chi connectivity index (χ4v) is 4.70. The average molecular weight is 447 g/mol. The Balaban J connectivity index is 2.28. The summed E-state index contributed by atoms with van der Waals surface area (Å²) in [4.78, 5) is 51.1. The van der Waals surface area contributed by atoms with Crippen molar-refractivity contribution in [1.82, 2.24) is 4.90 Å². The van der Waals surface area contributed by atoms with Crippen molar-refractivity contribution in [2.45, 2.75) is 38.6 Å². The van der Waals surface area contributed by atoms with Gasteiger partial charge in [0, 0.05) is 26.1 Å². The number of amides is 3. The van der Waals surface area contributed by atoms with Gasteiger partial charge in [-0.3, -0.25) is 24.1 Å². The molecule has 3 unspecified atom stereocenters. The quantitative estimate of drug-likeness (QED) is 0.302. The number of hydrogen-bond acceptors (Lipinski definition) is 6. The van der Waals surface area contributed by atoms with Crippen molar-refractivity contribution in [3.8, 4) is 5.75 Å². The van der Waals surface area contributed by atoms with Crippen molar-refractivity contribution in [2.24, 2.45) is 5.73 Å². The minimum Gasteiger partial charge on any atom is -0.424 e. The average Bonchev–Trinajstić information content (AvgIpc) is 3.04. The molecule has 0 aliphatic carbocycles. The fraction of sp³-hybridized carbons (Fsp3) is 0.300. The topological polar surface area (TPSA) is 147 Å². The van der Waals surface area contributed by atoms with Crippen LogP contribution in [0.4, 0.5) is 5.69 Å². The largest absolute Gasteiger partial charge is 0.424 e. The molecule has 0 aromatic heterocycles. The number of ether oxygens (including phenoxy) is 1. The van der Waals surface area contributed by atoms with E-state index in [1.54, 1.807) is 13.0 Å². The first-order valence-corrected chi connectivity index (χ1v) is 10.4. The Morgan fingerprint density at radius 2 is 1.97 bits per heavy atom. The predicted octanol–water partition coefficient (Wildman–Crippen LogP) is 0.975. The van der Waals surface area contributed by atoms with Crippen LogP contribution in [0.3, 0.4) is 0 Å². The van der Waals surface area contributed by atoms with Crippen molar-refractivity contribution < 1.29 is 32.7 Å². The molecule has 2 aliphatic rings. The molecule has 1 aromatic carbocycles. The number of nitrogens with two attached hydrogens (primary N) is 1. The predicted molar refractivity (Wildman–Crippen MR) is 111 cm³/mol. The van der Waals surface area contributed by atoms with Gasteiger partial charge in [-0.15, -0.1) is 0 Å². The molecule has 3 atom stereocenters. The third-order valence-corrected chi connectivity index (χ3v) is 5.92. The lowest BCUT2D eigenvalue weighted by Gasteiger charge is -2.33. The summed E-state index contributed by atoms with van der Waals surface area (Å²) in [6.45, 7) is 4.00. The summed E-state index contributed by atoms with van der Waals surface area (Å²) >= 11 is -2.58. The second-order valence-electron chi connectivity index (χ2n) is 7.18. The number of esters is 1. The molecule has 1 aromatic rings. The van der Waals surface area contributed by atoms with Crippen LogP contribution in [0, 0.1) is 6.92 Å². The SMILES string of the molecule is CC(=O)Oc1c(C)ccc2c1N(C(C)=O)C(S(=O)O)C1CC(/C=C/C(N)=O)=CN1C2=O. The van der Waals surface area contributed by atoms with Crippen LogP contribution in [-0.2, 0) is 25.5 Å². The number of nitrogens with zero attached hydrogens (tertiary/aromatic N) is 2. The molecule has 31 heavy (non-hydrogen) atoms. The first-order valence-electron chi connectivity index (χ1n) is 9.25. The molecule has 0 radical (unpaired) electrons. The van der Waals surface area contributed by atoms with Gasteiger partial charge in [0.15, 0.2) is 22.2 Å². The fourth-order valence-electron chi connectivity index (χ4n) is 3.77. The molecule has 0 bridgehead atoms. The highest BCUT2D eigenvalue weighted by Gasteiger charge is 2.48. The minimum absolute atomic E-state index is 0.0250. The van der Waals surface area contributed by atoms with Gasteiger partial charge in [-0.05, 0) is 30.5 Å². The molecule has 3 rings (SSSR count). The maximum absolute atomic E-state index is 13.4. The zero-order chi connectivity index (χ0) is 23.0. The number of hydrogen-bond donors (Lipinski definition) is 2. The standard InChI is InChI=1S/C20H21N3O7S/c1-10-4-6-14-17(18(10)30-12(3)25)23(11(2)24)20(31(28)29)15-8-13(5-7-16(21)26)9-22(15)19(14)27/h4-7,9,15,20H,8H2,1-3H3,(H2,21,26)(H,28,29)/b7-5+. The van der Waals surface area contributed by atoms with Crippen molar-refractivity contribution >= 4 is 40.5 Å². The summed E-state index contributed by atoms with van der Waals surface area (Å²) in [5, 5.41) is -1.35. The van der Waals surface area contributed by atoms with Crippen molar-refractivity contribution in [3.05, 3.63) is 47.2 Å². The summed E-state index contributed by atoms with van der Waals surface area (Å²) in [5.41, 5.74) is 6.12. The highest BCUT2D eigenvalue weighted by atomic mass is 32.2. The van der Waals surface area contributed by atoms with Gasteiger partial charge in [0.05, 0.1) is 11.6 Å². The number of aryl methyl sites for hydroxylation is 1. The van der Waals surface area contributed by atoms with Crippen LogP contribution < -0.4 is 15.4 Å². The van der Waals surface area contributed by atoms with Crippen molar-refractivity contribution in [2.75, 3.05) is 4.90 Å². The van der Waals surface area contributed by atoms with Gasteiger partial charge in [-0.25, -0.2) is 4.21 Å². The van der Waals surface area contributed by atoms with E-state index in [0.717, 1.165) is 11.0 Å². The van der Waals surface area contributed by atoms with E-state index in [-0.39, 0.29) is 23.4 Å². The number of fused-ring (bicyclic) bond motifs is 2. The van der Waals surface area contributed by atoms with Crippen molar-refractivity contribution in [1.29, 1.82) is 0 Å². The Morgan fingerprint density at radius 1 is 1.29 bits per heavy atom. The van der Waals surface area contributed by atoms with E-state index < -0.39 is 46.2 Å². The monoisotopic (exact) mass is 447 g/mol. The van der Waals surface area contributed by atoms with Crippen LogP contribution in [0.15, 0.2) is 36.1 Å².